The van der Waals surface area contributed by atoms with Crippen LogP contribution >= 0.6 is 0 Å². The van der Waals surface area contributed by atoms with Crippen LogP contribution in [0.2, 0.25) is 0 Å². The molecule has 5 aromatic rings. The molecule has 1 saturated carbocycles. The zero-order valence-corrected chi connectivity index (χ0v) is 24.4. The lowest BCUT2D eigenvalue weighted by Crippen LogP contribution is -2.45. The summed E-state index contributed by atoms with van der Waals surface area (Å²) in [7, 11) is 0. The molecule has 0 radical (unpaired) electrons. The number of fused-ring (bicyclic) bond motifs is 5. The Kier molecular flexibility index (Phi) is 6.02. The monoisotopic (exact) mass is 602 g/mol. The normalized spacial score (nSPS) is 24.9. The van der Waals surface area contributed by atoms with Crippen molar-refractivity contribution in [3.8, 4) is 0 Å². The average molecular weight is 603 g/mol. The Hall–Kier alpha value is -5.95. The van der Waals surface area contributed by atoms with Gasteiger partial charge in [-0.25, -0.2) is 4.90 Å². The number of rotatable bonds is 6. The summed E-state index contributed by atoms with van der Waals surface area (Å²) in [4.78, 5) is 57.9. The summed E-state index contributed by atoms with van der Waals surface area (Å²) in [6.45, 7) is 0. The number of hydrogen-bond acceptors (Lipinski definition) is 5. The highest BCUT2D eigenvalue weighted by atomic mass is 16.6. The standard InChI is InChI=1S/C39H26N2O5/c42-35-33-34(36(43)40(35)29-22-13-23-30(24-29)41(45)46)39(28-20-11-4-12-21-28)32(26-16-7-2-8-17-26)31(25-14-5-1-6-15-25)38(33,37(39)44)27-18-9-3-10-19-27/h1-24,33-34H/t33-,34+,38-,39-/m0/s1. The predicted octanol–water partition coefficient (Wildman–Crippen LogP) is 6.78. The molecule has 4 atom stereocenters. The van der Waals surface area contributed by atoms with Crippen LogP contribution < -0.4 is 4.90 Å². The van der Waals surface area contributed by atoms with Crippen LogP contribution in [0, 0.1) is 22.0 Å². The summed E-state index contributed by atoms with van der Waals surface area (Å²) in [5.41, 5.74) is 1.02. The van der Waals surface area contributed by atoms with E-state index in [4.69, 9.17) is 0 Å². The molecule has 3 aliphatic rings. The number of anilines is 1. The lowest BCUT2D eigenvalue weighted by atomic mass is 9.59. The zero-order valence-electron chi connectivity index (χ0n) is 24.4. The summed E-state index contributed by atoms with van der Waals surface area (Å²) in [5.74, 6) is -3.52. The zero-order chi connectivity index (χ0) is 31.6. The maximum Gasteiger partial charge on any atom is 0.271 e. The molecular weight excluding hydrogens is 576 g/mol. The van der Waals surface area contributed by atoms with Crippen LogP contribution in [0.1, 0.15) is 22.3 Å². The van der Waals surface area contributed by atoms with Crippen LogP contribution in [0.4, 0.5) is 11.4 Å². The third kappa shape index (κ3) is 3.39. The Bertz CT molecular complexity index is 1980. The second-order valence-corrected chi connectivity index (χ2v) is 11.9. The highest BCUT2D eigenvalue weighted by Gasteiger charge is 2.82. The third-order valence-corrected chi connectivity index (χ3v) is 9.88. The molecule has 2 bridgehead atoms. The largest absolute Gasteiger partial charge is 0.297 e. The van der Waals surface area contributed by atoms with E-state index in [2.05, 4.69) is 0 Å². The molecule has 1 heterocycles. The van der Waals surface area contributed by atoms with Gasteiger partial charge >= 0.3 is 0 Å². The second-order valence-electron chi connectivity index (χ2n) is 11.9. The summed E-state index contributed by atoms with van der Waals surface area (Å²) in [6.07, 6.45) is 0. The molecule has 7 heteroatoms. The van der Waals surface area contributed by atoms with Crippen LogP contribution in [-0.4, -0.2) is 22.5 Å². The summed E-state index contributed by atoms with van der Waals surface area (Å²) in [5, 5.41) is 11.7. The number of nitrogens with zero attached hydrogens (tertiary/aromatic N) is 2. The summed E-state index contributed by atoms with van der Waals surface area (Å²) in [6, 6.07) is 43.3. The number of carbonyl (C=O) groups excluding carboxylic acids is 3. The molecule has 2 amide bonds. The minimum absolute atomic E-state index is 0.111. The van der Waals surface area contributed by atoms with Gasteiger partial charge in [-0.05, 0) is 39.5 Å². The van der Waals surface area contributed by atoms with Gasteiger partial charge in [-0.1, -0.05) is 127 Å². The first-order valence-electron chi connectivity index (χ1n) is 15.1. The Balaban J connectivity index is 1.53. The first kappa shape index (κ1) is 27.6. The van der Waals surface area contributed by atoms with Crippen molar-refractivity contribution in [2.75, 3.05) is 4.90 Å². The van der Waals surface area contributed by atoms with Gasteiger partial charge in [-0.2, -0.15) is 0 Å². The molecule has 7 nitrogen and oxygen atoms in total. The number of benzene rings is 5. The van der Waals surface area contributed by atoms with Crippen molar-refractivity contribution >= 4 is 40.1 Å². The number of non-ortho nitro benzene ring substituents is 1. The lowest BCUT2D eigenvalue weighted by molar-refractivity contribution is -0.384. The Morgan fingerprint density at radius 1 is 0.543 bits per heavy atom. The van der Waals surface area contributed by atoms with E-state index in [1.165, 1.54) is 24.3 Å². The fourth-order valence-corrected chi connectivity index (χ4v) is 8.33. The fourth-order valence-electron chi connectivity index (χ4n) is 8.33. The Morgan fingerprint density at radius 3 is 1.37 bits per heavy atom. The molecule has 2 aliphatic carbocycles. The highest BCUT2D eigenvalue weighted by Crippen LogP contribution is 2.74. The van der Waals surface area contributed by atoms with Gasteiger partial charge in [0.2, 0.25) is 11.8 Å². The van der Waals surface area contributed by atoms with Gasteiger partial charge in [0.25, 0.3) is 5.69 Å². The number of Topliss-reactive ketones (excluding diaryl/α,β-unsaturated/α-hetero) is 1. The second kappa shape index (κ2) is 10.0. The number of nitro benzene ring substituents is 1. The van der Waals surface area contributed by atoms with Crippen LogP contribution in [0.15, 0.2) is 146 Å². The quantitative estimate of drug-likeness (QED) is 0.121. The molecule has 46 heavy (non-hydrogen) atoms. The Labute approximate surface area is 264 Å². The van der Waals surface area contributed by atoms with Crippen molar-refractivity contribution in [1.82, 2.24) is 0 Å². The molecule has 0 unspecified atom stereocenters. The van der Waals surface area contributed by atoms with E-state index in [9.17, 15) is 19.7 Å². The topological polar surface area (TPSA) is 97.6 Å². The molecule has 222 valence electrons. The van der Waals surface area contributed by atoms with Gasteiger partial charge in [0.05, 0.1) is 33.3 Å². The fraction of sp³-hybridized carbons (Fsp3) is 0.103. The SMILES string of the molecule is O=C1[C@@H]2[C@H](C(=O)N1c1cccc([N+](=O)[O-])c1)[C@@]1(c3ccccc3)C(=O)[C@@]2(c2ccccc2)C(c2ccccc2)=C1c1ccccc1. The van der Waals surface area contributed by atoms with E-state index in [1.54, 1.807) is 0 Å². The highest BCUT2D eigenvalue weighted by molar-refractivity contribution is 6.39. The van der Waals surface area contributed by atoms with Gasteiger partial charge in [0.15, 0.2) is 5.78 Å². The minimum Gasteiger partial charge on any atom is -0.297 e. The van der Waals surface area contributed by atoms with E-state index in [-0.39, 0.29) is 17.2 Å². The Morgan fingerprint density at radius 2 is 0.957 bits per heavy atom. The lowest BCUT2D eigenvalue weighted by Gasteiger charge is -2.39. The van der Waals surface area contributed by atoms with E-state index >= 15 is 4.79 Å². The predicted molar refractivity (Wildman–Crippen MR) is 174 cm³/mol. The molecule has 8 rings (SSSR count). The van der Waals surface area contributed by atoms with Crippen LogP contribution in [0.3, 0.4) is 0 Å². The summed E-state index contributed by atoms with van der Waals surface area (Å²) < 4.78 is 0. The van der Waals surface area contributed by atoms with Gasteiger partial charge in [0.1, 0.15) is 0 Å². The van der Waals surface area contributed by atoms with Crippen LogP contribution in [-0.2, 0) is 25.2 Å². The minimum atomic E-state index is -1.53. The van der Waals surface area contributed by atoms with E-state index in [0.29, 0.717) is 22.3 Å². The number of hydrogen-bond donors (Lipinski definition) is 0. The molecule has 5 aromatic carbocycles. The molecular formula is C39H26N2O5. The van der Waals surface area contributed by atoms with Crippen molar-refractivity contribution in [3.05, 3.63) is 178 Å². The number of imide groups is 1. The molecule has 1 aliphatic heterocycles. The third-order valence-electron chi connectivity index (χ3n) is 9.88. The van der Waals surface area contributed by atoms with Crippen molar-refractivity contribution in [2.24, 2.45) is 11.8 Å². The summed E-state index contributed by atoms with van der Waals surface area (Å²) >= 11 is 0. The first-order chi connectivity index (χ1) is 22.4. The number of nitro groups is 1. The first-order valence-corrected chi connectivity index (χ1v) is 15.1. The molecule has 2 fully saturated rings. The van der Waals surface area contributed by atoms with Crippen molar-refractivity contribution in [1.29, 1.82) is 0 Å². The van der Waals surface area contributed by atoms with E-state index < -0.39 is 39.4 Å². The van der Waals surface area contributed by atoms with Crippen molar-refractivity contribution in [2.45, 2.75) is 10.8 Å². The van der Waals surface area contributed by atoms with E-state index in [1.807, 2.05) is 121 Å². The number of ketones is 1. The number of allylic oxidation sites excluding steroid dienone is 2. The van der Waals surface area contributed by atoms with Crippen LogP contribution in [0.5, 0.6) is 0 Å². The van der Waals surface area contributed by atoms with Crippen LogP contribution in [0.25, 0.3) is 11.1 Å². The maximum atomic E-state index is 15.8. The van der Waals surface area contributed by atoms with Gasteiger partial charge < -0.3 is 0 Å². The molecule has 0 spiro atoms. The number of carbonyl (C=O) groups is 3. The molecule has 1 saturated heterocycles. The average Bonchev–Trinajstić information content (AvgIpc) is 3.62. The number of amides is 2. The van der Waals surface area contributed by atoms with E-state index in [0.717, 1.165) is 16.0 Å². The smallest absolute Gasteiger partial charge is 0.271 e. The molecule has 0 aromatic heterocycles. The van der Waals surface area contributed by atoms with Crippen molar-refractivity contribution in [3.63, 3.8) is 0 Å². The maximum absolute atomic E-state index is 15.8. The van der Waals surface area contributed by atoms with Gasteiger partial charge in [-0.15, -0.1) is 0 Å². The van der Waals surface area contributed by atoms with Gasteiger partial charge in [0, 0.05) is 12.1 Å². The van der Waals surface area contributed by atoms with Crippen molar-refractivity contribution < 1.29 is 19.3 Å². The molecule has 0 N–H and O–H groups in total. The van der Waals surface area contributed by atoms with Gasteiger partial charge in [-0.3, -0.25) is 24.5 Å².